The van der Waals surface area contributed by atoms with Crippen LogP contribution in [-0.4, -0.2) is 58.5 Å². The van der Waals surface area contributed by atoms with E-state index in [1.165, 1.54) is 9.80 Å². The summed E-state index contributed by atoms with van der Waals surface area (Å²) in [5.41, 5.74) is 5.24. The van der Waals surface area contributed by atoms with E-state index >= 15 is 0 Å². The Morgan fingerprint density at radius 3 is 2.60 bits per heavy atom. The summed E-state index contributed by atoms with van der Waals surface area (Å²) in [7, 11) is 0. The van der Waals surface area contributed by atoms with E-state index in [9.17, 15) is 14.4 Å². The van der Waals surface area contributed by atoms with Gasteiger partial charge in [-0.2, -0.15) is 0 Å². The number of rotatable bonds is 5. The van der Waals surface area contributed by atoms with Crippen LogP contribution in [0.25, 0.3) is 0 Å². The van der Waals surface area contributed by atoms with Gasteiger partial charge in [-0.15, -0.1) is 0 Å². The second-order valence-electron chi connectivity index (χ2n) is 5.24. The molecule has 3 amide bonds. The van der Waals surface area contributed by atoms with Crippen LogP contribution < -0.4 is 5.73 Å². The Kier molecular flexibility index (Phi) is 5.79. The highest BCUT2D eigenvalue weighted by Gasteiger charge is 2.32. The molecular formula is C13H23N3O4. The van der Waals surface area contributed by atoms with Crippen molar-refractivity contribution in [1.29, 1.82) is 0 Å². The van der Waals surface area contributed by atoms with E-state index in [4.69, 9.17) is 10.8 Å². The molecule has 1 aliphatic heterocycles. The Labute approximate surface area is 118 Å². The number of carboxylic acid groups (broad SMARTS) is 1. The van der Waals surface area contributed by atoms with Gasteiger partial charge in [-0.3, -0.25) is 9.59 Å². The molecule has 0 saturated carbocycles. The first kappa shape index (κ1) is 16.3. The molecule has 7 heteroatoms. The summed E-state index contributed by atoms with van der Waals surface area (Å²) in [6.45, 7) is 4.27. The number of carbonyl (C=O) groups excluding carboxylic acids is 2. The number of hydrogen-bond acceptors (Lipinski definition) is 3. The van der Waals surface area contributed by atoms with Gasteiger partial charge < -0.3 is 20.6 Å². The number of nitrogens with zero attached hydrogens (tertiary/aromatic N) is 2. The Morgan fingerprint density at radius 1 is 1.45 bits per heavy atom. The van der Waals surface area contributed by atoms with E-state index in [1.54, 1.807) is 0 Å². The molecule has 3 N–H and O–H groups in total. The molecule has 2 atom stereocenters. The van der Waals surface area contributed by atoms with Gasteiger partial charge in [0, 0.05) is 19.1 Å². The number of aliphatic carboxylic acids is 1. The lowest BCUT2D eigenvalue weighted by Gasteiger charge is -2.35. The average molecular weight is 285 g/mol. The number of primary amides is 1. The monoisotopic (exact) mass is 285 g/mol. The zero-order chi connectivity index (χ0) is 15.3. The van der Waals surface area contributed by atoms with Gasteiger partial charge in [0.15, 0.2) is 0 Å². The first-order valence-corrected chi connectivity index (χ1v) is 6.93. The SMILES string of the molecule is CC[C@@H](C)N(CC(=O)O)C(=O)[C@@H]1CCCN(C(N)=O)C1. The lowest BCUT2D eigenvalue weighted by atomic mass is 9.96. The molecule has 114 valence electrons. The summed E-state index contributed by atoms with van der Waals surface area (Å²) >= 11 is 0. The van der Waals surface area contributed by atoms with E-state index in [-0.39, 0.29) is 31.0 Å². The number of amides is 3. The number of carbonyl (C=O) groups is 3. The first-order chi connectivity index (χ1) is 9.36. The molecule has 1 aliphatic rings. The third-order valence-corrected chi connectivity index (χ3v) is 3.79. The zero-order valence-electron chi connectivity index (χ0n) is 12.0. The number of likely N-dealkylation sites (tertiary alicyclic amines) is 1. The van der Waals surface area contributed by atoms with E-state index in [0.29, 0.717) is 25.8 Å². The normalized spacial score (nSPS) is 20.3. The van der Waals surface area contributed by atoms with Crippen LogP contribution in [0.2, 0.25) is 0 Å². The van der Waals surface area contributed by atoms with Crippen molar-refractivity contribution < 1.29 is 19.5 Å². The highest BCUT2D eigenvalue weighted by Crippen LogP contribution is 2.20. The second-order valence-corrected chi connectivity index (χ2v) is 5.24. The molecule has 1 fully saturated rings. The van der Waals surface area contributed by atoms with E-state index < -0.39 is 12.0 Å². The average Bonchev–Trinajstić information content (AvgIpc) is 2.43. The number of nitrogens with two attached hydrogens (primary N) is 1. The largest absolute Gasteiger partial charge is 0.480 e. The van der Waals surface area contributed by atoms with E-state index in [0.717, 1.165) is 0 Å². The Balaban J connectivity index is 2.77. The number of urea groups is 1. The third-order valence-electron chi connectivity index (χ3n) is 3.79. The maximum atomic E-state index is 12.5. The van der Waals surface area contributed by atoms with Crippen LogP contribution in [0, 0.1) is 5.92 Å². The molecule has 0 aromatic heterocycles. The molecule has 1 heterocycles. The Morgan fingerprint density at radius 2 is 2.10 bits per heavy atom. The molecule has 0 aromatic carbocycles. The van der Waals surface area contributed by atoms with E-state index in [1.807, 2.05) is 13.8 Å². The van der Waals surface area contributed by atoms with Crippen LogP contribution in [0.15, 0.2) is 0 Å². The molecule has 7 nitrogen and oxygen atoms in total. The number of hydrogen-bond donors (Lipinski definition) is 2. The molecule has 1 saturated heterocycles. The minimum absolute atomic E-state index is 0.137. The fraction of sp³-hybridized carbons (Fsp3) is 0.769. The van der Waals surface area contributed by atoms with Crippen LogP contribution in [0.4, 0.5) is 4.79 Å². The van der Waals surface area contributed by atoms with Crippen molar-refractivity contribution in [3.8, 4) is 0 Å². The van der Waals surface area contributed by atoms with Crippen molar-refractivity contribution in [2.45, 2.75) is 39.2 Å². The van der Waals surface area contributed by atoms with Gasteiger partial charge in [-0.05, 0) is 26.2 Å². The third kappa shape index (κ3) is 4.11. The molecule has 20 heavy (non-hydrogen) atoms. The minimum Gasteiger partial charge on any atom is -0.480 e. The summed E-state index contributed by atoms with van der Waals surface area (Å²) in [5.74, 6) is -1.58. The topological polar surface area (TPSA) is 104 Å². The van der Waals surface area contributed by atoms with E-state index in [2.05, 4.69) is 0 Å². The molecule has 0 aromatic rings. The van der Waals surface area contributed by atoms with Crippen LogP contribution in [-0.2, 0) is 9.59 Å². The van der Waals surface area contributed by atoms with Crippen molar-refractivity contribution in [2.24, 2.45) is 11.7 Å². The quantitative estimate of drug-likeness (QED) is 0.767. The molecule has 0 radical (unpaired) electrons. The fourth-order valence-corrected chi connectivity index (χ4v) is 2.43. The molecule has 1 rings (SSSR count). The van der Waals surface area contributed by atoms with Crippen molar-refractivity contribution in [3.05, 3.63) is 0 Å². The zero-order valence-corrected chi connectivity index (χ0v) is 12.0. The highest BCUT2D eigenvalue weighted by atomic mass is 16.4. The maximum absolute atomic E-state index is 12.5. The summed E-state index contributed by atoms with van der Waals surface area (Å²) in [6, 6.07) is -0.668. The summed E-state index contributed by atoms with van der Waals surface area (Å²) in [5, 5.41) is 8.94. The van der Waals surface area contributed by atoms with Crippen LogP contribution in [0.5, 0.6) is 0 Å². The Bertz CT molecular complexity index is 386. The summed E-state index contributed by atoms with van der Waals surface area (Å²) < 4.78 is 0. The predicted octanol–water partition coefficient (Wildman–Crippen LogP) is 0.489. The van der Waals surface area contributed by atoms with Crippen LogP contribution in [0.3, 0.4) is 0 Å². The summed E-state index contributed by atoms with van der Waals surface area (Å²) in [6.07, 6.45) is 2.06. The highest BCUT2D eigenvalue weighted by molar-refractivity contribution is 5.84. The lowest BCUT2D eigenvalue weighted by molar-refractivity contribution is -0.148. The number of carboxylic acids is 1. The van der Waals surface area contributed by atoms with Gasteiger partial charge in [0.25, 0.3) is 0 Å². The van der Waals surface area contributed by atoms with Gasteiger partial charge in [0.05, 0.1) is 5.92 Å². The second kappa shape index (κ2) is 7.12. The maximum Gasteiger partial charge on any atom is 0.323 e. The predicted molar refractivity (Wildman–Crippen MR) is 73.0 cm³/mol. The minimum atomic E-state index is -1.03. The van der Waals surface area contributed by atoms with Gasteiger partial charge in [0.1, 0.15) is 6.54 Å². The molecule has 0 bridgehead atoms. The van der Waals surface area contributed by atoms with Crippen molar-refractivity contribution in [1.82, 2.24) is 9.80 Å². The smallest absolute Gasteiger partial charge is 0.323 e. The molecule has 0 unspecified atom stereocenters. The first-order valence-electron chi connectivity index (χ1n) is 6.93. The Hall–Kier alpha value is -1.79. The molecule has 0 aliphatic carbocycles. The van der Waals surface area contributed by atoms with Crippen molar-refractivity contribution in [3.63, 3.8) is 0 Å². The van der Waals surface area contributed by atoms with Crippen LogP contribution in [0.1, 0.15) is 33.1 Å². The van der Waals surface area contributed by atoms with Gasteiger partial charge in [-0.1, -0.05) is 6.92 Å². The van der Waals surface area contributed by atoms with Gasteiger partial charge >= 0.3 is 12.0 Å². The molecular weight excluding hydrogens is 262 g/mol. The number of piperidine rings is 1. The summed E-state index contributed by atoms with van der Waals surface area (Å²) in [4.78, 5) is 37.4. The van der Waals surface area contributed by atoms with Crippen molar-refractivity contribution in [2.75, 3.05) is 19.6 Å². The van der Waals surface area contributed by atoms with Crippen LogP contribution >= 0.6 is 0 Å². The van der Waals surface area contributed by atoms with Crippen molar-refractivity contribution >= 4 is 17.9 Å². The standard InChI is InChI=1S/C13H23N3O4/c1-3-9(2)16(8-11(17)18)12(19)10-5-4-6-15(7-10)13(14)20/h9-10H,3-8H2,1-2H3,(H2,14,20)(H,17,18)/t9-,10-/m1/s1. The van der Waals surface area contributed by atoms with Gasteiger partial charge in [0.2, 0.25) is 5.91 Å². The molecule has 0 spiro atoms. The fourth-order valence-electron chi connectivity index (χ4n) is 2.43. The lowest BCUT2D eigenvalue weighted by Crippen LogP contribution is -2.51. The van der Waals surface area contributed by atoms with Gasteiger partial charge in [-0.25, -0.2) is 4.79 Å².